The first-order chi connectivity index (χ1) is 4.18. The van der Waals surface area contributed by atoms with Crippen molar-refractivity contribution in [3.63, 3.8) is 0 Å². The second kappa shape index (κ2) is 3.67. The number of ether oxygens (including phenoxy) is 1. The summed E-state index contributed by atoms with van der Waals surface area (Å²) in [5.74, 6) is 0.543. The highest BCUT2D eigenvalue weighted by atomic mass is 16.6. The van der Waals surface area contributed by atoms with Crippen molar-refractivity contribution in [1.82, 2.24) is 0 Å². The van der Waals surface area contributed by atoms with Gasteiger partial charge in [-0.05, 0) is 0 Å². The molecule has 0 aliphatic heterocycles. The fourth-order valence-corrected chi connectivity index (χ4v) is 0.209. The van der Waals surface area contributed by atoms with Crippen molar-refractivity contribution >= 4 is 11.8 Å². The highest BCUT2D eigenvalue weighted by Gasteiger charge is 2.06. The Bertz CT molecular complexity index is 164. The van der Waals surface area contributed by atoms with Gasteiger partial charge in [0.15, 0.2) is 6.61 Å². The lowest BCUT2D eigenvalue weighted by atomic mass is 10.7. The zero-order chi connectivity index (χ0) is 7.28. The van der Waals surface area contributed by atoms with Crippen LogP contribution in [0.15, 0.2) is 0 Å². The maximum absolute atomic E-state index is 10.2. The zero-order valence-corrected chi connectivity index (χ0v) is 5.01. The molecule has 0 aromatic rings. The Morgan fingerprint density at radius 2 is 2.22 bits per heavy atom. The van der Waals surface area contributed by atoms with Gasteiger partial charge >= 0.3 is 5.97 Å². The van der Waals surface area contributed by atoms with Crippen molar-refractivity contribution in [2.24, 2.45) is 0 Å². The zero-order valence-electron chi connectivity index (χ0n) is 5.01. The smallest absolute Gasteiger partial charge is 0.375 e. The summed E-state index contributed by atoms with van der Waals surface area (Å²) in [6, 6.07) is 0. The molecule has 9 heavy (non-hydrogen) atoms. The van der Waals surface area contributed by atoms with Crippen LogP contribution < -0.4 is 0 Å². The Balaban J connectivity index is 3.55. The van der Waals surface area contributed by atoms with Crippen molar-refractivity contribution < 1.29 is 14.3 Å². The Morgan fingerprint density at radius 1 is 1.67 bits per heavy atom. The van der Waals surface area contributed by atoms with Crippen LogP contribution in [-0.4, -0.2) is 18.4 Å². The van der Waals surface area contributed by atoms with Crippen LogP contribution in [-0.2, 0) is 14.3 Å². The topological polar surface area (TPSA) is 43.4 Å². The molecule has 0 saturated heterocycles. The first kappa shape index (κ1) is 7.70. The summed E-state index contributed by atoms with van der Waals surface area (Å²) >= 11 is 0. The van der Waals surface area contributed by atoms with E-state index in [0.717, 1.165) is 6.92 Å². The van der Waals surface area contributed by atoms with Crippen LogP contribution in [0.5, 0.6) is 0 Å². The number of rotatable bonds is 2. The van der Waals surface area contributed by atoms with Crippen LogP contribution in [0.3, 0.4) is 0 Å². The molecule has 0 rings (SSSR count). The predicted octanol–water partition coefficient (Wildman–Crippen LogP) is -0.248. The van der Waals surface area contributed by atoms with Gasteiger partial charge in [0.05, 0.1) is 0 Å². The van der Waals surface area contributed by atoms with Crippen LogP contribution in [0.2, 0.25) is 0 Å². The molecule has 0 aliphatic carbocycles. The quantitative estimate of drug-likeness (QED) is 0.222. The Labute approximate surface area is 53.0 Å². The van der Waals surface area contributed by atoms with Crippen molar-refractivity contribution in [1.29, 1.82) is 0 Å². The number of carbonyl (C=O) groups excluding carboxylic acids is 2. The first-order valence-electron chi connectivity index (χ1n) is 2.29. The summed E-state index contributed by atoms with van der Waals surface area (Å²) in [4.78, 5) is 20.3. The molecule has 0 unspecified atom stereocenters. The standard InChI is InChI=1S/C6H6O3/c1-3-4-9-6(8)5(2)7/h1H,4H2,2H3/i6+1. The maximum atomic E-state index is 10.2. The molecule has 0 aliphatic rings. The van der Waals surface area contributed by atoms with Crippen molar-refractivity contribution in [3.05, 3.63) is 0 Å². The van der Waals surface area contributed by atoms with Gasteiger partial charge in [-0.25, -0.2) is 4.79 Å². The lowest BCUT2D eigenvalue weighted by molar-refractivity contribution is -0.151. The average Bonchev–Trinajstić information content (AvgIpc) is 1.82. The molecule has 0 saturated carbocycles. The summed E-state index contributed by atoms with van der Waals surface area (Å²) in [7, 11) is 0. The van der Waals surface area contributed by atoms with Crippen LogP contribution in [0, 0.1) is 12.3 Å². The molecule has 0 N–H and O–H groups in total. The molecule has 0 spiro atoms. The second-order valence-electron chi connectivity index (χ2n) is 1.34. The minimum Gasteiger partial charge on any atom is -0.447 e. The van der Waals surface area contributed by atoms with Gasteiger partial charge in [-0.15, -0.1) is 6.42 Å². The van der Waals surface area contributed by atoms with E-state index in [4.69, 9.17) is 6.42 Å². The number of ketones is 1. The summed E-state index contributed by atoms with van der Waals surface area (Å²) in [6.45, 7) is 0.983. The third-order valence-corrected chi connectivity index (χ3v) is 0.574. The molecule has 0 amide bonds. The van der Waals surface area contributed by atoms with Crippen molar-refractivity contribution in [2.45, 2.75) is 6.92 Å². The predicted molar refractivity (Wildman–Crippen MR) is 30.5 cm³/mol. The second-order valence-corrected chi connectivity index (χ2v) is 1.34. The van der Waals surface area contributed by atoms with Crippen LogP contribution >= 0.6 is 0 Å². The molecular weight excluding hydrogens is 121 g/mol. The van der Waals surface area contributed by atoms with Crippen LogP contribution in [0.1, 0.15) is 6.92 Å². The van der Waals surface area contributed by atoms with Crippen LogP contribution in [0.4, 0.5) is 0 Å². The first-order valence-corrected chi connectivity index (χ1v) is 2.29. The highest BCUT2D eigenvalue weighted by molar-refractivity contribution is 6.32. The van der Waals surface area contributed by atoms with E-state index in [9.17, 15) is 9.59 Å². The average molecular weight is 127 g/mol. The molecule has 0 fully saturated rings. The van der Waals surface area contributed by atoms with Gasteiger partial charge in [0.1, 0.15) is 0 Å². The molecule has 3 heteroatoms. The summed E-state index contributed by atoms with van der Waals surface area (Å²) in [6.07, 6.45) is 4.74. The van der Waals surface area contributed by atoms with E-state index in [1.54, 1.807) is 0 Å². The maximum Gasteiger partial charge on any atom is 0.375 e. The van der Waals surface area contributed by atoms with Gasteiger partial charge in [-0.2, -0.15) is 0 Å². The largest absolute Gasteiger partial charge is 0.447 e. The van der Waals surface area contributed by atoms with Gasteiger partial charge in [-0.3, -0.25) is 4.79 Å². The molecule has 0 bridgehead atoms. The van der Waals surface area contributed by atoms with Crippen molar-refractivity contribution in [3.8, 4) is 12.3 Å². The number of hydrogen-bond acceptors (Lipinski definition) is 3. The molecular formula is C6H6O3. The lowest BCUT2D eigenvalue weighted by Gasteiger charge is -1.92. The molecule has 0 atom stereocenters. The normalized spacial score (nSPS) is 7.56. The third-order valence-electron chi connectivity index (χ3n) is 0.574. The monoisotopic (exact) mass is 127 g/mol. The lowest BCUT2D eigenvalue weighted by Crippen LogP contribution is -2.13. The van der Waals surface area contributed by atoms with E-state index in [1.165, 1.54) is 0 Å². The fourth-order valence-electron chi connectivity index (χ4n) is 0.209. The van der Waals surface area contributed by atoms with E-state index >= 15 is 0 Å². The van der Waals surface area contributed by atoms with E-state index in [2.05, 4.69) is 10.7 Å². The molecule has 0 aromatic carbocycles. The number of Topliss-reactive ketones (excluding diaryl/α,β-unsaturated/α-hetero) is 1. The summed E-state index contributed by atoms with van der Waals surface area (Å²) in [5, 5.41) is 0. The highest BCUT2D eigenvalue weighted by Crippen LogP contribution is 1.77. The minimum atomic E-state index is -0.882. The van der Waals surface area contributed by atoms with E-state index < -0.39 is 11.8 Å². The number of hydrogen-bond donors (Lipinski definition) is 0. The Kier molecular flexibility index (Phi) is 3.14. The van der Waals surface area contributed by atoms with Gasteiger partial charge < -0.3 is 4.74 Å². The third kappa shape index (κ3) is 3.30. The van der Waals surface area contributed by atoms with Gasteiger partial charge in [0.2, 0.25) is 5.78 Å². The molecule has 0 radical (unpaired) electrons. The molecule has 0 aromatic heterocycles. The Hall–Kier alpha value is -1.30. The van der Waals surface area contributed by atoms with Gasteiger partial charge in [0.25, 0.3) is 0 Å². The minimum absolute atomic E-state index is 0.140. The summed E-state index contributed by atoms with van der Waals surface area (Å²) in [5.41, 5.74) is 0. The number of terminal acetylenes is 1. The number of carbonyl (C=O) groups is 2. The van der Waals surface area contributed by atoms with Gasteiger partial charge in [0, 0.05) is 6.92 Å². The SMILES string of the molecule is C#CCO[13C](=O)C(C)=O. The number of esters is 1. The van der Waals surface area contributed by atoms with E-state index in [1.807, 2.05) is 0 Å². The fraction of sp³-hybridized carbons (Fsp3) is 0.333. The van der Waals surface area contributed by atoms with Crippen LogP contribution in [0.25, 0.3) is 0 Å². The van der Waals surface area contributed by atoms with E-state index in [-0.39, 0.29) is 6.61 Å². The summed E-state index contributed by atoms with van der Waals surface area (Å²) < 4.78 is 4.23. The van der Waals surface area contributed by atoms with E-state index in [0.29, 0.717) is 0 Å². The Morgan fingerprint density at radius 3 is 2.56 bits per heavy atom. The molecule has 3 nitrogen and oxygen atoms in total. The molecule has 48 valence electrons. The van der Waals surface area contributed by atoms with Gasteiger partial charge in [-0.1, -0.05) is 5.92 Å². The molecule has 0 heterocycles. The van der Waals surface area contributed by atoms with Crippen molar-refractivity contribution in [2.75, 3.05) is 6.61 Å².